The van der Waals surface area contributed by atoms with Crippen molar-refractivity contribution in [2.45, 2.75) is 13.5 Å². The summed E-state index contributed by atoms with van der Waals surface area (Å²) in [5.74, 6) is 0. The van der Waals surface area contributed by atoms with Crippen LogP contribution in [0.4, 0.5) is 5.69 Å². The quantitative estimate of drug-likeness (QED) is 0.378. The van der Waals surface area contributed by atoms with Crippen LogP contribution in [0.1, 0.15) is 11.8 Å². The molecule has 2 aromatic heterocycles. The molecular formula is C16H15ClN2O4S. The maximum absolute atomic E-state index is 11.0. The molecule has 126 valence electrons. The molecule has 2 heterocycles. The lowest BCUT2D eigenvalue weighted by Crippen LogP contribution is -1.96. The van der Waals surface area contributed by atoms with Gasteiger partial charge in [0.05, 0.1) is 33.3 Å². The number of rotatable bonds is 5. The first-order valence-electron chi connectivity index (χ1n) is 7.08. The lowest BCUT2D eigenvalue weighted by molar-refractivity contribution is -0.383. The van der Waals surface area contributed by atoms with Crippen molar-refractivity contribution in [3.8, 4) is 0 Å². The van der Waals surface area contributed by atoms with E-state index in [1.807, 2.05) is 29.0 Å². The monoisotopic (exact) mass is 366 g/mol. The molecule has 3 rings (SSSR count). The highest BCUT2D eigenvalue weighted by atomic mass is 35.5. The molecular weight excluding hydrogens is 352 g/mol. The number of fused-ring (bicyclic) bond motifs is 1. The van der Waals surface area contributed by atoms with Gasteiger partial charge in [-0.3, -0.25) is 14.9 Å². The first-order chi connectivity index (χ1) is 11.6. The van der Waals surface area contributed by atoms with E-state index in [0.717, 1.165) is 14.7 Å². The van der Waals surface area contributed by atoms with Crippen LogP contribution in [0.3, 0.4) is 0 Å². The van der Waals surface area contributed by atoms with Gasteiger partial charge in [0, 0.05) is 17.1 Å². The van der Waals surface area contributed by atoms with Crippen LogP contribution in [0.15, 0.2) is 42.6 Å². The third-order valence-electron chi connectivity index (χ3n) is 3.18. The van der Waals surface area contributed by atoms with E-state index < -0.39 is 0 Å². The predicted molar refractivity (Wildman–Crippen MR) is 94.7 cm³/mol. The lowest BCUT2D eigenvalue weighted by atomic mass is 10.2. The van der Waals surface area contributed by atoms with Crippen molar-refractivity contribution in [3.63, 3.8) is 0 Å². The summed E-state index contributed by atoms with van der Waals surface area (Å²) in [6.07, 6.45) is 1.87. The number of ether oxygens (including phenoxy) is 1. The SMILES string of the molecule is CCOC=O.O=[N+]([O-])c1cccc2c1ccn2Cc1ccc(Cl)s1. The number of carbonyl (C=O) groups is 1. The smallest absolute Gasteiger partial charge is 0.293 e. The molecule has 6 nitrogen and oxygen atoms in total. The number of hydrogen-bond acceptors (Lipinski definition) is 5. The molecule has 0 saturated heterocycles. The zero-order chi connectivity index (χ0) is 17.5. The fourth-order valence-electron chi connectivity index (χ4n) is 2.18. The van der Waals surface area contributed by atoms with Crippen LogP contribution in [0.5, 0.6) is 0 Å². The average molecular weight is 367 g/mol. The van der Waals surface area contributed by atoms with E-state index in [1.165, 1.54) is 17.4 Å². The van der Waals surface area contributed by atoms with Gasteiger partial charge in [0.1, 0.15) is 0 Å². The normalized spacial score (nSPS) is 10.1. The number of nitrogens with zero attached hydrogens (tertiary/aromatic N) is 2. The number of non-ortho nitro benzene ring substituents is 1. The first kappa shape index (κ1) is 18.0. The van der Waals surface area contributed by atoms with Gasteiger partial charge in [-0.2, -0.15) is 0 Å². The minimum absolute atomic E-state index is 0.139. The molecule has 3 aromatic rings. The Hall–Kier alpha value is -2.38. The Balaban J connectivity index is 0.000000368. The Bertz CT molecular complexity index is 844. The van der Waals surface area contributed by atoms with Crippen molar-refractivity contribution in [2.24, 2.45) is 0 Å². The molecule has 0 atom stereocenters. The Morgan fingerprint density at radius 3 is 2.67 bits per heavy atom. The molecule has 0 unspecified atom stereocenters. The highest BCUT2D eigenvalue weighted by molar-refractivity contribution is 7.16. The standard InChI is InChI=1S/C13H9ClN2O2S.C3H6O2/c14-13-5-4-9(19-13)8-15-7-6-10-11(15)2-1-3-12(10)16(17)18;1-2-5-3-4/h1-7H,8H2;3H,2H2,1H3. The van der Waals surface area contributed by atoms with Crippen LogP contribution in [-0.2, 0) is 16.1 Å². The van der Waals surface area contributed by atoms with Gasteiger partial charge in [0.2, 0.25) is 0 Å². The summed E-state index contributed by atoms with van der Waals surface area (Å²) < 4.78 is 6.89. The molecule has 0 aliphatic rings. The number of halogens is 1. The van der Waals surface area contributed by atoms with Crippen molar-refractivity contribution >= 4 is 46.0 Å². The number of thiophene rings is 1. The number of carbonyl (C=O) groups excluding carboxylic acids is 1. The second kappa shape index (κ2) is 8.47. The van der Waals surface area contributed by atoms with E-state index in [-0.39, 0.29) is 10.6 Å². The van der Waals surface area contributed by atoms with Crippen LogP contribution in [0, 0.1) is 10.1 Å². The predicted octanol–water partition coefficient (Wildman–Crippen LogP) is 4.49. The Kier molecular flexibility index (Phi) is 6.34. The van der Waals surface area contributed by atoms with Crippen molar-refractivity contribution in [3.05, 3.63) is 61.9 Å². The Morgan fingerprint density at radius 1 is 1.33 bits per heavy atom. The molecule has 24 heavy (non-hydrogen) atoms. The van der Waals surface area contributed by atoms with E-state index in [2.05, 4.69) is 4.74 Å². The van der Waals surface area contributed by atoms with Gasteiger partial charge < -0.3 is 9.30 Å². The summed E-state index contributed by atoms with van der Waals surface area (Å²) in [5, 5.41) is 11.6. The van der Waals surface area contributed by atoms with Crippen LogP contribution in [0.25, 0.3) is 10.9 Å². The van der Waals surface area contributed by atoms with Crippen molar-refractivity contribution in [1.82, 2.24) is 4.57 Å². The molecule has 0 aliphatic carbocycles. The maximum atomic E-state index is 11.0. The van der Waals surface area contributed by atoms with Crippen LogP contribution in [0.2, 0.25) is 4.34 Å². The number of nitro benzene ring substituents is 1. The zero-order valence-corrected chi connectivity index (χ0v) is 14.4. The molecule has 8 heteroatoms. The number of benzene rings is 1. The van der Waals surface area contributed by atoms with E-state index in [0.29, 0.717) is 25.0 Å². The minimum Gasteiger partial charge on any atom is -0.468 e. The van der Waals surface area contributed by atoms with Crippen LogP contribution < -0.4 is 0 Å². The molecule has 0 fully saturated rings. The average Bonchev–Trinajstić information content (AvgIpc) is 3.15. The topological polar surface area (TPSA) is 74.4 Å². The fraction of sp³-hybridized carbons (Fsp3) is 0.188. The van der Waals surface area contributed by atoms with E-state index >= 15 is 0 Å². The molecule has 0 spiro atoms. The van der Waals surface area contributed by atoms with Crippen molar-refractivity contribution in [2.75, 3.05) is 6.61 Å². The second-order valence-electron chi connectivity index (χ2n) is 4.67. The van der Waals surface area contributed by atoms with Crippen molar-refractivity contribution < 1.29 is 14.5 Å². The summed E-state index contributed by atoms with van der Waals surface area (Å²) in [5.41, 5.74) is 0.999. The van der Waals surface area contributed by atoms with Gasteiger partial charge in [-0.25, -0.2) is 0 Å². The van der Waals surface area contributed by atoms with Gasteiger partial charge in [-0.05, 0) is 31.2 Å². The van der Waals surface area contributed by atoms with Crippen LogP contribution >= 0.6 is 22.9 Å². The lowest BCUT2D eigenvalue weighted by Gasteiger charge is -2.03. The molecule has 0 aliphatic heterocycles. The molecule has 0 saturated carbocycles. The summed E-state index contributed by atoms with van der Waals surface area (Å²) in [7, 11) is 0. The molecule has 0 N–H and O–H groups in total. The van der Waals surface area contributed by atoms with Gasteiger partial charge in [-0.1, -0.05) is 17.7 Å². The Morgan fingerprint density at radius 2 is 2.12 bits per heavy atom. The van der Waals surface area contributed by atoms with Crippen molar-refractivity contribution in [1.29, 1.82) is 0 Å². The van der Waals surface area contributed by atoms with E-state index in [9.17, 15) is 14.9 Å². The highest BCUT2D eigenvalue weighted by Gasteiger charge is 2.13. The third-order valence-corrected chi connectivity index (χ3v) is 4.39. The van der Waals surface area contributed by atoms with Gasteiger partial charge in [0.25, 0.3) is 12.2 Å². The number of aromatic nitrogens is 1. The molecule has 1 aromatic carbocycles. The van der Waals surface area contributed by atoms with E-state index in [1.54, 1.807) is 19.1 Å². The summed E-state index contributed by atoms with van der Waals surface area (Å²) >= 11 is 7.42. The fourth-order valence-corrected chi connectivity index (χ4v) is 3.26. The number of hydrogen-bond donors (Lipinski definition) is 0. The van der Waals surface area contributed by atoms with Gasteiger partial charge >= 0.3 is 0 Å². The maximum Gasteiger partial charge on any atom is 0.293 e. The number of nitro groups is 1. The minimum atomic E-state index is -0.352. The largest absolute Gasteiger partial charge is 0.468 e. The van der Waals surface area contributed by atoms with E-state index in [4.69, 9.17) is 11.6 Å². The Labute approximate surface area is 147 Å². The first-order valence-corrected chi connectivity index (χ1v) is 8.28. The van der Waals surface area contributed by atoms with Gasteiger partial charge in [0.15, 0.2) is 0 Å². The third kappa shape index (κ3) is 4.33. The summed E-state index contributed by atoms with van der Waals surface area (Å²) in [6, 6.07) is 10.7. The second-order valence-corrected chi connectivity index (χ2v) is 6.47. The summed E-state index contributed by atoms with van der Waals surface area (Å²) in [4.78, 5) is 20.9. The molecule has 0 bridgehead atoms. The molecule has 0 amide bonds. The summed E-state index contributed by atoms with van der Waals surface area (Å²) in [6.45, 7) is 3.33. The highest BCUT2D eigenvalue weighted by Crippen LogP contribution is 2.28. The van der Waals surface area contributed by atoms with Gasteiger partial charge in [-0.15, -0.1) is 11.3 Å². The zero-order valence-electron chi connectivity index (χ0n) is 12.8. The molecule has 0 radical (unpaired) electrons. The van der Waals surface area contributed by atoms with Crippen LogP contribution in [-0.4, -0.2) is 22.6 Å².